The maximum absolute atomic E-state index is 12.3. The zero-order valence-electron chi connectivity index (χ0n) is 16.7. The molecule has 0 aliphatic heterocycles. The average molecular weight is 407 g/mol. The van der Waals surface area contributed by atoms with Crippen LogP contribution in [-0.4, -0.2) is 33.5 Å². The predicted octanol–water partition coefficient (Wildman–Crippen LogP) is 2.41. The predicted molar refractivity (Wildman–Crippen MR) is 113 cm³/mol. The summed E-state index contributed by atoms with van der Waals surface area (Å²) in [5, 5.41) is 6.48. The summed E-state index contributed by atoms with van der Waals surface area (Å²) < 4.78 is 32.5. The third-order valence-electron chi connectivity index (χ3n) is 3.87. The number of benzene rings is 1. The lowest BCUT2D eigenvalue weighted by atomic mass is 10.1. The minimum atomic E-state index is -3.38. The van der Waals surface area contributed by atoms with Crippen LogP contribution in [0.15, 0.2) is 52.1 Å². The number of hydrogen-bond acceptors (Lipinski definition) is 4. The van der Waals surface area contributed by atoms with Gasteiger partial charge in [-0.1, -0.05) is 24.3 Å². The van der Waals surface area contributed by atoms with E-state index in [2.05, 4.69) is 20.3 Å². The van der Waals surface area contributed by atoms with E-state index in [0.29, 0.717) is 19.0 Å². The lowest BCUT2D eigenvalue weighted by Gasteiger charge is -2.13. The molecule has 0 atom stereocenters. The van der Waals surface area contributed by atoms with Gasteiger partial charge in [0.1, 0.15) is 5.76 Å². The Balaban J connectivity index is 2.03. The Morgan fingerprint density at radius 1 is 1.11 bits per heavy atom. The van der Waals surface area contributed by atoms with Crippen LogP contribution < -0.4 is 15.4 Å². The molecule has 0 aliphatic rings. The van der Waals surface area contributed by atoms with Crippen LogP contribution in [0.1, 0.15) is 37.7 Å². The molecule has 1 aromatic heterocycles. The van der Waals surface area contributed by atoms with Gasteiger partial charge in [-0.15, -0.1) is 0 Å². The second-order valence-electron chi connectivity index (χ2n) is 6.75. The highest BCUT2D eigenvalue weighted by Gasteiger charge is 2.15. The maximum Gasteiger partial charge on any atom is 0.216 e. The normalized spacial score (nSPS) is 12.4. The third-order valence-corrected chi connectivity index (χ3v) is 5.40. The van der Waals surface area contributed by atoms with Crippen LogP contribution in [0.3, 0.4) is 0 Å². The van der Waals surface area contributed by atoms with Gasteiger partial charge in [0.15, 0.2) is 5.96 Å². The molecule has 0 amide bonds. The minimum absolute atomic E-state index is 0.0562. The minimum Gasteiger partial charge on any atom is -0.469 e. The van der Waals surface area contributed by atoms with Crippen molar-refractivity contribution in [3.05, 3.63) is 59.5 Å². The first kappa shape index (κ1) is 22.0. The van der Waals surface area contributed by atoms with Gasteiger partial charge in [-0.3, -0.25) is 0 Å². The van der Waals surface area contributed by atoms with Crippen LogP contribution in [-0.2, 0) is 28.7 Å². The van der Waals surface area contributed by atoms with E-state index >= 15 is 0 Å². The molecule has 7 nitrogen and oxygen atoms in total. The van der Waals surface area contributed by atoms with Crippen LogP contribution >= 0.6 is 0 Å². The molecule has 0 saturated heterocycles. The quantitative estimate of drug-likeness (QED) is 0.416. The van der Waals surface area contributed by atoms with Crippen molar-refractivity contribution in [2.45, 2.75) is 45.5 Å². The van der Waals surface area contributed by atoms with Gasteiger partial charge < -0.3 is 15.1 Å². The number of sulfonamides is 1. The van der Waals surface area contributed by atoms with Crippen LogP contribution in [0.25, 0.3) is 0 Å². The van der Waals surface area contributed by atoms with Crippen molar-refractivity contribution in [3.63, 3.8) is 0 Å². The number of furan rings is 1. The van der Waals surface area contributed by atoms with Crippen molar-refractivity contribution >= 4 is 16.0 Å². The summed E-state index contributed by atoms with van der Waals surface area (Å²) in [6.45, 7) is 7.44. The van der Waals surface area contributed by atoms with Crippen LogP contribution in [0.4, 0.5) is 0 Å². The molecule has 0 bridgehead atoms. The van der Waals surface area contributed by atoms with E-state index < -0.39 is 10.0 Å². The molecule has 8 heteroatoms. The second-order valence-corrected chi connectivity index (χ2v) is 8.51. The summed E-state index contributed by atoms with van der Waals surface area (Å²) >= 11 is 0. The van der Waals surface area contributed by atoms with E-state index in [1.807, 2.05) is 57.2 Å². The summed E-state index contributed by atoms with van der Waals surface area (Å²) in [5.41, 5.74) is 1.64. The SMILES string of the molecule is CCNC(=NCc1ccccc1CS(=O)(=O)NC(C)C)NCCc1ccco1. The third kappa shape index (κ3) is 7.74. The monoisotopic (exact) mass is 406 g/mol. The van der Waals surface area contributed by atoms with Crippen molar-refractivity contribution in [3.8, 4) is 0 Å². The van der Waals surface area contributed by atoms with E-state index in [1.165, 1.54) is 0 Å². The molecule has 0 radical (unpaired) electrons. The number of hydrogen-bond donors (Lipinski definition) is 3. The zero-order chi connectivity index (χ0) is 20.4. The van der Waals surface area contributed by atoms with Crippen LogP contribution in [0, 0.1) is 0 Å². The molecule has 1 aromatic carbocycles. The van der Waals surface area contributed by atoms with Gasteiger partial charge in [0, 0.05) is 25.6 Å². The van der Waals surface area contributed by atoms with E-state index in [1.54, 1.807) is 6.26 Å². The highest BCUT2D eigenvalue weighted by atomic mass is 32.2. The second kappa shape index (κ2) is 10.9. The van der Waals surface area contributed by atoms with Gasteiger partial charge in [-0.2, -0.15) is 0 Å². The summed E-state index contributed by atoms with van der Waals surface area (Å²) in [5.74, 6) is 1.54. The Kier molecular flexibility index (Phi) is 8.53. The van der Waals surface area contributed by atoms with Crippen molar-refractivity contribution in [1.29, 1.82) is 0 Å². The van der Waals surface area contributed by atoms with Gasteiger partial charge in [-0.25, -0.2) is 18.1 Å². The van der Waals surface area contributed by atoms with Crippen LogP contribution in [0.5, 0.6) is 0 Å². The number of nitrogens with zero attached hydrogens (tertiary/aromatic N) is 1. The Morgan fingerprint density at radius 3 is 2.50 bits per heavy atom. The average Bonchev–Trinajstić information content (AvgIpc) is 3.12. The molecular weight excluding hydrogens is 376 g/mol. The van der Waals surface area contributed by atoms with E-state index in [9.17, 15) is 8.42 Å². The molecule has 0 unspecified atom stereocenters. The molecule has 2 aromatic rings. The molecular formula is C20H30N4O3S. The van der Waals surface area contributed by atoms with Gasteiger partial charge in [0.25, 0.3) is 0 Å². The largest absolute Gasteiger partial charge is 0.469 e. The van der Waals surface area contributed by atoms with E-state index in [4.69, 9.17) is 4.42 Å². The first-order chi connectivity index (χ1) is 13.4. The fourth-order valence-corrected chi connectivity index (χ4v) is 4.22. The van der Waals surface area contributed by atoms with Gasteiger partial charge in [-0.05, 0) is 44.0 Å². The topological polar surface area (TPSA) is 95.7 Å². The zero-order valence-corrected chi connectivity index (χ0v) is 17.6. The smallest absolute Gasteiger partial charge is 0.216 e. The van der Waals surface area contributed by atoms with Crippen molar-refractivity contribution in [2.24, 2.45) is 4.99 Å². The number of nitrogens with one attached hydrogen (secondary N) is 3. The summed E-state index contributed by atoms with van der Waals surface area (Å²) in [4.78, 5) is 4.60. The fourth-order valence-electron chi connectivity index (χ4n) is 2.72. The molecule has 0 saturated carbocycles. The first-order valence-electron chi connectivity index (χ1n) is 9.51. The Hall–Kier alpha value is -2.32. The van der Waals surface area contributed by atoms with Gasteiger partial charge in [0.2, 0.25) is 10.0 Å². The molecule has 3 N–H and O–H groups in total. The van der Waals surface area contributed by atoms with E-state index in [0.717, 1.165) is 29.9 Å². The first-order valence-corrected chi connectivity index (χ1v) is 11.2. The van der Waals surface area contributed by atoms with Crippen molar-refractivity contribution in [2.75, 3.05) is 13.1 Å². The molecule has 28 heavy (non-hydrogen) atoms. The van der Waals surface area contributed by atoms with E-state index in [-0.39, 0.29) is 11.8 Å². The van der Waals surface area contributed by atoms with Gasteiger partial charge in [0.05, 0.1) is 18.6 Å². The Bertz CT molecular complexity index is 846. The molecule has 0 fully saturated rings. The molecule has 0 aliphatic carbocycles. The fraction of sp³-hybridized carbons (Fsp3) is 0.450. The summed E-state index contributed by atoms with van der Waals surface area (Å²) in [6, 6.07) is 11.2. The standard InChI is InChI=1S/C20H30N4O3S/c1-4-21-20(22-12-11-19-10-7-13-27-19)23-14-17-8-5-6-9-18(17)15-28(25,26)24-16(2)3/h5-10,13,16,24H,4,11-12,14-15H2,1-3H3,(H2,21,22,23). The molecule has 154 valence electrons. The number of rotatable bonds is 10. The Morgan fingerprint density at radius 2 is 1.86 bits per heavy atom. The maximum atomic E-state index is 12.3. The molecule has 0 spiro atoms. The Labute approximate surface area is 167 Å². The number of guanidine groups is 1. The summed E-state index contributed by atoms with van der Waals surface area (Å²) in [6.07, 6.45) is 2.42. The lowest BCUT2D eigenvalue weighted by Crippen LogP contribution is -2.38. The molecule has 2 rings (SSSR count). The number of aliphatic imine (C=N–C) groups is 1. The lowest BCUT2D eigenvalue weighted by molar-refractivity contribution is 0.507. The summed E-state index contributed by atoms with van der Waals surface area (Å²) in [7, 11) is -3.38. The highest BCUT2D eigenvalue weighted by Crippen LogP contribution is 2.13. The highest BCUT2D eigenvalue weighted by molar-refractivity contribution is 7.88. The van der Waals surface area contributed by atoms with Crippen molar-refractivity contribution in [1.82, 2.24) is 15.4 Å². The van der Waals surface area contributed by atoms with Gasteiger partial charge >= 0.3 is 0 Å². The molecule has 1 heterocycles. The van der Waals surface area contributed by atoms with Crippen LogP contribution in [0.2, 0.25) is 0 Å². The van der Waals surface area contributed by atoms with Crippen molar-refractivity contribution < 1.29 is 12.8 Å².